The van der Waals surface area contributed by atoms with Crippen molar-refractivity contribution in [2.75, 3.05) is 5.75 Å². The minimum atomic E-state index is -0.620. The molecule has 2 spiro atoms. The number of ether oxygens (including phenoxy) is 1. The van der Waals surface area contributed by atoms with Crippen molar-refractivity contribution in [1.29, 1.82) is 0 Å². The summed E-state index contributed by atoms with van der Waals surface area (Å²) >= 11 is 1.42. The molecule has 4 aliphatic carbocycles. The van der Waals surface area contributed by atoms with Crippen molar-refractivity contribution in [1.82, 2.24) is 5.32 Å². The number of amides is 1. The second kappa shape index (κ2) is 9.51. The van der Waals surface area contributed by atoms with Gasteiger partial charge in [-0.05, 0) is 66.5 Å². The molecule has 1 amide bonds. The average molecular weight is 540 g/mol. The van der Waals surface area contributed by atoms with E-state index in [1.807, 2.05) is 37.3 Å². The Hall–Kier alpha value is -2.12. The van der Waals surface area contributed by atoms with E-state index in [1.165, 1.54) is 11.8 Å². The van der Waals surface area contributed by atoms with Gasteiger partial charge in [0.05, 0.1) is 11.9 Å². The van der Waals surface area contributed by atoms with E-state index in [4.69, 9.17) is 4.74 Å². The molecule has 4 aliphatic rings. The number of hydrogen-bond acceptors (Lipinski definition) is 6. The molecular weight excluding hydrogens is 498 g/mol. The van der Waals surface area contributed by atoms with E-state index in [2.05, 4.69) is 32.7 Å². The molecule has 38 heavy (non-hydrogen) atoms. The summed E-state index contributed by atoms with van der Waals surface area (Å²) in [5.74, 6) is 0.624. The highest BCUT2D eigenvalue weighted by molar-refractivity contribution is 8.00. The fourth-order valence-electron chi connectivity index (χ4n) is 9.26. The van der Waals surface area contributed by atoms with Crippen LogP contribution < -0.4 is 5.32 Å². The maximum Gasteiger partial charge on any atom is 0.316 e. The Labute approximate surface area is 230 Å². The summed E-state index contributed by atoms with van der Waals surface area (Å²) in [6.45, 7) is 13.2. The van der Waals surface area contributed by atoms with Crippen LogP contribution in [-0.4, -0.2) is 41.2 Å². The van der Waals surface area contributed by atoms with Crippen LogP contribution in [0.2, 0.25) is 0 Å². The van der Waals surface area contributed by atoms with E-state index in [0.29, 0.717) is 31.6 Å². The number of hydrogen-bond donors (Lipinski definition) is 2. The van der Waals surface area contributed by atoms with Gasteiger partial charge in [-0.15, -0.1) is 18.3 Å². The van der Waals surface area contributed by atoms with Crippen molar-refractivity contribution in [2.45, 2.75) is 83.4 Å². The Morgan fingerprint density at radius 1 is 1.29 bits per heavy atom. The first kappa shape index (κ1) is 27.4. The standard InChI is InChI=1S/C31H41NO5S/c1-6-28(4)14-24(37-25(35)16-38-22-9-7-8-21(12-22)15-32-18-33)29(5)19(2)13-31-17-30(27(29)31,11-10-23(31)34)20(3)26(28)36/h6-9,12,18-20,24,26-27,36H,1,10-11,13-17H2,2-5H3,(H,32,33)/t19?,20-,24+,26-,27?,28+,29-,30?,31?/m0/s1. The predicted octanol–water partition coefficient (Wildman–Crippen LogP) is 4.93. The number of rotatable bonds is 8. The van der Waals surface area contributed by atoms with E-state index in [9.17, 15) is 19.5 Å². The van der Waals surface area contributed by atoms with E-state index >= 15 is 0 Å². The second-order valence-electron chi connectivity index (χ2n) is 13.0. The van der Waals surface area contributed by atoms with Crippen molar-refractivity contribution in [3.8, 4) is 0 Å². The Balaban J connectivity index is 1.42. The SMILES string of the molecule is C=C[C@]1(C)C[C@@H](OC(=O)CSc2cccc(CNC=O)c2)[C@]2(C)C(C)CC34CC(CCC3=O)(C42)[C@@H](C)[C@@H]1O. The van der Waals surface area contributed by atoms with Gasteiger partial charge in [0.15, 0.2) is 0 Å². The molecule has 0 radical (unpaired) electrons. The Morgan fingerprint density at radius 3 is 2.76 bits per heavy atom. The lowest BCUT2D eigenvalue weighted by atomic mass is 9.32. The lowest BCUT2D eigenvalue weighted by molar-refractivity contribution is -0.257. The summed E-state index contributed by atoms with van der Waals surface area (Å²) in [5.41, 5.74) is -0.454. The van der Waals surface area contributed by atoms with E-state index < -0.39 is 17.6 Å². The quantitative estimate of drug-likeness (QED) is 0.211. The van der Waals surface area contributed by atoms with Crippen molar-refractivity contribution < 1.29 is 24.2 Å². The van der Waals surface area contributed by atoms with Crippen LogP contribution in [0.3, 0.4) is 0 Å². The maximum atomic E-state index is 13.4. The van der Waals surface area contributed by atoms with Crippen LogP contribution in [0.5, 0.6) is 0 Å². The smallest absolute Gasteiger partial charge is 0.316 e. The Kier molecular flexibility index (Phi) is 6.87. The number of nitrogens with one attached hydrogen (secondary N) is 1. The van der Waals surface area contributed by atoms with Crippen LogP contribution >= 0.6 is 11.8 Å². The molecular formula is C31H41NO5S. The fraction of sp³-hybridized carbons (Fsp3) is 0.645. The topological polar surface area (TPSA) is 92.7 Å². The van der Waals surface area contributed by atoms with Crippen LogP contribution in [0.15, 0.2) is 41.8 Å². The van der Waals surface area contributed by atoms with Gasteiger partial charge in [0.1, 0.15) is 11.9 Å². The number of esters is 1. The lowest BCUT2D eigenvalue weighted by Crippen LogP contribution is -2.71. The third-order valence-electron chi connectivity index (χ3n) is 11.3. The Morgan fingerprint density at radius 2 is 2.05 bits per heavy atom. The van der Waals surface area contributed by atoms with Crippen LogP contribution in [0.4, 0.5) is 0 Å². The summed E-state index contributed by atoms with van der Waals surface area (Å²) in [7, 11) is 0. The summed E-state index contributed by atoms with van der Waals surface area (Å²) in [6, 6.07) is 7.75. The average Bonchev–Trinajstić information content (AvgIpc) is 3.09. The molecule has 0 heterocycles. The number of thioether (sulfide) groups is 1. The van der Waals surface area contributed by atoms with Crippen LogP contribution in [0.1, 0.15) is 65.4 Å². The zero-order valence-electron chi connectivity index (χ0n) is 23.0. The number of aliphatic hydroxyl groups excluding tert-OH is 1. The molecule has 7 heteroatoms. The predicted molar refractivity (Wildman–Crippen MR) is 147 cm³/mol. The van der Waals surface area contributed by atoms with Crippen LogP contribution in [-0.2, 0) is 25.7 Å². The van der Waals surface area contributed by atoms with Gasteiger partial charge in [-0.3, -0.25) is 14.4 Å². The van der Waals surface area contributed by atoms with E-state index in [-0.39, 0.29) is 45.7 Å². The van der Waals surface area contributed by atoms with Gasteiger partial charge < -0.3 is 15.2 Å². The zero-order chi connectivity index (χ0) is 27.5. The monoisotopic (exact) mass is 539 g/mol. The molecule has 4 saturated carbocycles. The van der Waals surface area contributed by atoms with Gasteiger partial charge in [0.25, 0.3) is 0 Å². The van der Waals surface area contributed by atoms with Gasteiger partial charge in [0, 0.05) is 34.1 Å². The first-order chi connectivity index (χ1) is 18.0. The largest absolute Gasteiger partial charge is 0.461 e. The molecule has 4 fully saturated rings. The minimum absolute atomic E-state index is 0.0366. The molecule has 9 atom stereocenters. The lowest BCUT2D eigenvalue weighted by Gasteiger charge is -2.71. The molecule has 5 rings (SSSR count). The molecule has 2 bridgehead atoms. The third-order valence-corrected chi connectivity index (χ3v) is 12.2. The highest BCUT2D eigenvalue weighted by Gasteiger charge is 2.81. The number of benzene rings is 1. The molecule has 1 aromatic carbocycles. The number of aliphatic hydroxyl groups is 1. The molecule has 4 unspecified atom stereocenters. The number of Topliss-reactive ketones (excluding diaryl/α,β-unsaturated/α-hetero) is 1. The third kappa shape index (κ3) is 3.82. The second-order valence-corrected chi connectivity index (χ2v) is 14.0. The normalized spacial score (nSPS) is 43.2. The van der Waals surface area contributed by atoms with Crippen LogP contribution in [0, 0.1) is 39.4 Å². The maximum absolute atomic E-state index is 13.4. The first-order valence-electron chi connectivity index (χ1n) is 13.9. The van der Waals surface area contributed by atoms with Crippen molar-refractivity contribution in [3.63, 3.8) is 0 Å². The first-order valence-corrected chi connectivity index (χ1v) is 14.9. The van der Waals surface area contributed by atoms with Crippen molar-refractivity contribution in [2.24, 2.45) is 39.4 Å². The molecule has 0 aliphatic heterocycles. The van der Waals surface area contributed by atoms with Gasteiger partial charge in [-0.25, -0.2) is 0 Å². The summed E-state index contributed by atoms with van der Waals surface area (Å²) in [6.07, 6.45) is 5.05. The fourth-order valence-corrected chi connectivity index (χ4v) is 10.0. The molecule has 0 saturated heterocycles. The number of carbonyl (C=O) groups is 3. The van der Waals surface area contributed by atoms with E-state index in [1.54, 1.807) is 0 Å². The molecule has 6 nitrogen and oxygen atoms in total. The molecule has 0 aromatic heterocycles. The Bertz CT molecular complexity index is 1150. The van der Waals surface area contributed by atoms with E-state index in [0.717, 1.165) is 29.7 Å². The van der Waals surface area contributed by atoms with Crippen molar-refractivity contribution >= 4 is 29.9 Å². The minimum Gasteiger partial charge on any atom is -0.461 e. The summed E-state index contributed by atoms with van der Waals surface area (Å²) < 4.78 is 6.39. The zero-order valence-corrected chi connectivity index (χ0v) is 23.8. The van der Waals surface area contributed by atoms with Crippen LogP contribution in [0.25, 0.3) is 0 Å². The van der Waals surface area contributed by atoms with Crippen molar-refractivity contribution in [3.05, 3.63) is 42.5 Å². The summed E-state index contributed by atoms with van der Waals surface area (Å²) in [4.78, 5) is 38.3. The molecule has 2 N–H and O–H groups in total. The van der Waals surface area contributed by atoms with Gasteiger partial charge in [-0.1, -0.05) is 45.9 Å². The highest BCUT2D eigenvalue weighted by atomic mass is 32.2. The van der Waals surface area contributed by atoms with Gasteiger partial charge >= 0.3 is 5.97 Å². The number of carbonyl (C=O) groups excluding carboxylic acids is 3. The summed E-state index contributed by atoms with van der Waals surface area (Å²) in [5, 5.41) is 14.4. The number of ketones is 1. The van der Waals surface area contributed by atoms with Gasteiger partial charge in [0.2, 0.25) is 6.41 Å². The molecule has 1 aromatic rings. The van der Waals surface area contributed by atoms with Gasteiger partial charge in [-0.2, -0.15) is 0 Å². The molecule has 206 valence electrons. The highest BCUT2D eigenvalue weighted by Crippen LogP contribution is 2.82.